The minimum Gasteiger partial charge on any atom is -0.496 e. The van der Waals surface area contributed by atoms with E-state index in [1.807, 2.05) is 38.2 Å². The molecule has 5 heteroatoms. The number of amides is 1. The summed E-state index contributed by atoms with van der Waals surface area (Å²) in [6.07, 6.45) is 3.66. The van der Waals surface area contributed by atoms with E-state index in [1.54, 1.807) is 19.4 Å². The van der Waals surface area contributed by atoms with Gasteiger partial charge in [0.05, 0.1) is 18.9 Å². The number of aryl methyl sites for hydroxylation is 2. The van der Waals surface area contributed by atoms with Crippen LogP contribution in [0.2, 0.25) is 0 Å². The van der Waals surface area contributed by atoms with Crippen LogP contribution in [-0.2, 0) is 0 Å². The third-order valence-corrected chi connectivity index (χ3v) is 3.61. The third-order valence-electron chi connectivity index (χ3n) is 3.61. The molecule has 0 aliphatic rings. The zero-order valence-corrected chi connectivity index (χ0v) is 14.3. The fourth-order valence-electron chi connectivity index (χ4n) is 2.45. The monoisotopic (exact) mass is 313 g/mol. The first kappa shape index (κ1) is 16.8. The Morgan fingerprint density at radius 1 is 1.30 bits per heavy atom. The summed E-state index contributed by atoms with van der Waals surface area (Å²) < 4.78 is 7.40. The van der Waals surface area contributed by atoms with Crippen molar-refractivity contribution in [3.05, 3.63) is 52.8 Å². The molecule has 1 N–H and O–H groups in total. The van der Waals surface area contributed by atoms with Crippen molar-refractivity contribution in [2.24, 2.45) is 5.10 Å². The van der Waals surface area contributed by atoms with Gasteiger partial charge in [-0.05, 0) is 51.5 Å². The van der Waals surface area contributed by atoms with Gasteiger partial charge >= 0.3 is 0 Å². The van der Waals surface area contributed by atoms with E-state index in [4.69, 9.17) is 4.74 Å². The summed E-state index contributed by atoms with van der Waals surface area (Å²) in [6, 6.07) is 7.85. The molecule has 0 bridgehead atoms. The molecule has 0 radical (unpaired) electrons. The Hall–Kier alpha value is -2.56. The summed E-state index contributed by atoms with van der Waals surface area (Å²) in [5, 5.41) is 4.04. The molecular weight excluding hydrogens is 290 g/mol. The highest BCUT2D eigenvalue weighted by Gasteiger charge is 2.11. The van der Waals surface area contributed by atoms with Crippen molar-refractivity contribution in [3.63, 3.8) is 0 Å². The van der Waals surface area contributed by atoms with Gasteiger partial charge in [-0.15, -0.1) is 0 Å². The number of nitrogens with zero attached hydrogens (tertiary/aromatic N) is 2. The highest BCUT2D eigenvalue weighted by molar-refractivity contribution is 5.97. The minimum atomic E-state index is -0.293. The smallest absolute Gasteiger partial charge is 0.275 e. The molecule has 1 heterocycles. The van der Waals surface area contributed by atoms with Crippen LogP contribution in [0.15, 0.2) is 35.6 Å². The molecule has 23 heavy (non-hydrogen) atoms. The van der Waals surface area contributed by atoms with Crippen molar-refractivity contribution in [2.45, 2.75) is 33.7 Å². The Balaban J connectivity index is 2.08. The van der Waals surface area contributed by atoms with Crippen LogP contribution in [-0.4, -0.2) is 23.8 Å². The molecule has 0 aliphatic carbocycles. The average molecular weight is 313 g/mol. The Morgan fingerprint density at radius 2 is 2.04 bits per heavy atom. The first-order chi connectivity index (χ1) is 10.9. The van der Waals surface area contributed by atoms with E-state index in [0.29, 0.717) is 17.4 Å². The lowest BCUT2D eigenvalue weighted by Crippen LogP contribution is -2.18. The van der Waals surface area contributed by atoms with Gasteiger partial charge in [0.25, 0.3) is 5.91 Å². The Morgan fingerprint density at radius 3 is 2.65 bits per heavy atom. The predicted octanol–water partition coefficient (Wildman–Crippen LogP) is 3.46. The first-order valence-electron chi connectivity index (χ1n) is 7.59. The Kier molecular flexibility index (Phi) is 5.21. The molecule has 1 amide bonds. The van der Waals surface area contributed by atoms with Crippen molar-refractivity contribution >= 4 is 12.1 Å². The summed E-state index contributed by atoms with van der Waals surface area (Å²) >= 11 is 0. The lowest BCUT2D eigenvalue weighted by Gasteiger charge is -2.08. The molecule has 0 unspecified atom stereocenters. The van der Waals surface area contributed by atoms with Gasteiger partial charge in [-0.3, -0.25) is 4.79 Å². The van der Waals surface area contributed by atoms with Crippen LogP contribution < -0.4 is 10.2 Å². The normalized spacial score (nSPS) is 11.2. The number of hydrogen-bond donors (Lipinski definition) is 1. The second-order valence-electron chi connectivity index (χ2n) is 5.82. The van der Waals surface area contributed by atoms with Gasteiger partial charge in [0.2, 0.25) is 0 Å². The minimum absolute atomic E-state index is 0.293. The van der Waals surface area contributed by atoms with E-state index < -0.39 is 0 Å². The van der Waals surface area contributed by atoms with E-state index in [-0.39, 0.29) is 5.91 Å². The summed E-state index contributed by atoms with van der Waals surface area (Å²) in [6.45, 7) is 8.25. The third kappa shape index (κ3) is 4.00. The van der Waals surface area contributed by atoms with Gasteiger partial charge in [-0.2, -0.15) is 5.10 Å². The van der Waals surface area contributed by atoms with Gasteiger partial charge in [0.1, 0.15) is 5.75 Å². The van der Waals surface area contributed by atoms with Crippen molar-refractivity contribution in [3.8, 4) is 5.75 Å². The topological polar surface area (TPSA) is 55.6 Å². The molecule has 0 atom stereocenters. The SMILES string of the molecule is COc1cc(C)ccc1C(=O)N/N=C\c1cc(C)n(C(C)C)c1. The number of benzene rings is 1. The van der Waals surface area contributed by atoms with Gasteiger partial charge < -0.3 is 9.30 Å². The quantitative estimate of drug-likeness (QED) is 0.679. The van der Waals surface area contributed by atoms with Crippen LogP contribution in [0.1, 0.15) is 47.1 Å². The fraction of sp³-hybridized carbons (Fsp3) is 0.333. The average Bonchev–Trinajstić information content (AvgIpc) is 2.88. The second kappa shape index (κ2) is 7.13. The molecule has 1 aromatic heterocycles. The van der Waals surface area contributed by atoms with Gasteiger partial charge in [-0.25, -0.2) is 5.43 Å². The van der Waals surface area contributed by atoms with Crippen LogP contribution in [0.4, 0.5) is 0 Å². The van der Waals surface area contributed by atoms with E-state index >= 15 is 0 Å². The van der Waals surface area contributed by atoms with Crippen LogP contribution in [0.5, 0.6) is 5.75 Å². The van der Waals surface area contributed by atoms with E-state index in [0.717, 1.165) is 16.8 Å². The molecule has 1 aromatic carbocycles. The lowest BCUT2D eigenvalue weighted by atomic mass is 10.1. The highest BCUT2D eigenvalue weighted by Crippen LogP contribution is 2.19. The maximum Gasteiger partial charge on any atom is 0.275 e. The Bertz CT molecular complexity index is 730. The second-order valence-corrected chi connectivity index (χ2v) is 5.82. The first-order valence-corrected chi connectivity index (χ1v) is 7.59. The zero-order chi connectivity index (χ0) is 17.0. The number of methoxy groups -OCH3 is 1. The van der Waals surface area contributed by atoms with Crippen LogP contribution >= 0.6 is 0 Å². The van der Waals surface area contributed by atoms with Crippen molar-refractivity contribution in [2.75, 3.05) is 7.11 Å². The van der Waals surface area contributed by atoms with E-state index in [2.05, 4.69) is 28.9 Å². The van der Waals surface area contributed by atoms with Crippen LogP contribution in [0.25, 0.3) is 0 Å². The van der Waals surface area contributed by atoms with E-state index in [1.165, 1.54) is 0 Å². The summed E-state index contributed by atoms with van der Waals surface area (Å²) in [7, 11) is 1.55. The molecule has 0 spiro atoms. The largest absolute Gasteiger partial charge is 0.496 e. The molecule has 2 rings (SSSR count). The highest BCUT2D eigenvalue weighted by atomic mass is 16.5. The number of rotatable bonds is 5. The maximum atomic E-state index is 12.2. The van der Waals surface area contributed by atoms with Gasteiger partial charge in [-0.1, -0.05) is 6.07 Å². The fourth-order valence-corrected chi connectivity index (χ4v) is 2.45. The summed E-state index contributed by atoms with van der Waals surface area (Å²) in [5.41, 5.74) is 6.15. The molecule has 0 aliphatic heterocycles. The molecule has 0 fully saturated rings. The lowest BCUT2D eigenvalue weighted by molar-refractivity contribution is 0.0952. The number of aromatic nitrogens is 1. The van der Waals surface area contributed by atoms with E-state index in [9.17, 15) is 4.79 Å². The van der Waals surface area contributed by atoms with Crippen LogP contribution in [0.3, 0.4) is 0 Å². The number of hydrogen-bond acceptors (Lipinski definition) is 3. The van der Waals surface area contributed by atoms with Crippen molar-refractivity contribution in [1.82, 2.24) is 9.99 Å². The summed E-state index contributed by atoms with van der Waals surface area (Å²) in [5.74, 6) is 0.248. The Labute approximate surface area is 137 Å². The number of carbonyl (C=O) groups is 1. The molecule has 122 valence electrons. The van der Waals surface area contributed by atoms with Crippen molar-refractivity contribution in [1.29, 1.82) is 0 Å². The summed E-state index contributed by atoms with van der Waals surface area (Å²) in [4.78, 5) is 12.2. The molecule has 2 aromatic rings. The molecule has 0 saturated carbocycles. The van der Waals surface area contributed by atoms with Gasteiger partial charge in [0, 0.05) is 23.5 Å². The standard InChI is InChI=1S/C18H23N3O2/c1-12(2)21-11-15(9-14(21)4)10-19-20-18(22)16-7-6-13(3)8-17(16)23-5/h6-12H,1-5H3,(H,20,22)/b19-10-. The number of hydrazone groups is 1. The molecule has 0 saturated heterocycles. The van der Waals surface area contributed by atoms with Crippen molar-refractivity contribution < 1.29 is 9.53 Å². The molecule has 5 nitrogen and oxygen atoms in total. The number of nitrogens with one attached hydrogen (secondary N) is 1. The van der Waals surface area contributed by atoms with Gasteiger partial charge in [0.15, 0.2) is 0 Å². The number of carbonyl (C=O) groups excluding carboxylic acids is 1. The zero-order valence-electron chi connectivity index (χ0n) is 14.3. The maximum absolute atomic E-state index is 12.2. The van der Waals surface area contributed by atoms with Crippen LogP contribution in [0, 0.1) is 13.8 Å². The predicted molar refractivity (Wildman–Crippen MR) is 92.3 cm³/mol. The molecular formula is C18H23N3O2. The number of ether oxygens (including phenoxy) is 1.